The SMILES string of the molecule is CCc1nn(C)c(CC(NN)c2c(C)nn(C)c2C)c1Br. The van der Waals surface area contributed by atoms with Crippen molar-refractivity contribution < 1.29 is 0 Å². The van der Waals surface area contributed by atoms with Gasteiger partial charge in [-0.25, -0.2) is 0 Å². The van der Waals surface area contributed by atoms with Crippen LogP contribution in [0.5, 0.6) is 0 Å². The standard InChI is InChI=1S/C14H23BrN6/c1-6-10-14(15)12(21(5)19-10)7-11(17-16)13-8(2)18-20(4)9(13)3/h11,17H,6-7,16H2,1-5H3. The van der Waals surface area contributed by atoms with Crippen molar-refractivity contribution in [2.24, 2.45) is 19.9 Å². The Bertz CT molecular complexity index is 642. The lowest BCUT2D eigenvalue weighted by Gasteiger charge is -2.17. The Hall–Kier alpha value is -1.18. The number of aryl methyl sites for hydroxylation is 4. The number of hydrogen-bond acceptors (Lipinski definition) is 4. The molecule has 0 aliphatic heterocycles. The average molecular weight is 355 g/mol. The minimum Gasteiger partial charge on any atom is -0.272 e. The maximum absolute atomic E-state index is 5.81. The third-order valence-electron chi connectivity index (χ3n) is 4.02. The van der Waals surface area contributed by atoms with E-state index in [0.29, 0.717) is 0 Å². The highest BCUT2D eigenvalue weighted by atomic mass is 79.9. The first-order valence-corrected chi connectivity index (χ1v) is 7.86. The van der Waals surface area contributed by atoms with Gasteiger partial charge in [0, 0.05) is 31.8 Å². The van der Waals surface area contributed by atoms with Crippen molar-refractivity contribution in [3.8, 4) is 0 Å². The number of nitrogens with zero attached hydrogens (tertiary/aromatic N) is 4. The number of hydrogen-bond donors (Lipinski definition) is 2. The minimum absolute atomic E-state index is 0.00936. The van der Waals surface area contributed by atoms with E-state index in [1.165, 1.54) is 0 Å². The quantitative estimate of drug-likeness (QED) is 0.634. The molecule has 0 bridgehead atoms. The topological polar surface area (TPSA) is 73.7 Å². The van der Waals surface area contributed by atoms with Crippen LogP contribution in [0.1, 0.15) is 41.3 Å². The van der Waals surface area contributed by atoms with Crippen molar-refractivity contribution >= 4 is 15.9 Å². The fraction of sp³-hybridized carbons (Fsp3) is 0.571. The number of nitrogens with one attached hydrogen (secondary N) is 1. The molecular weight excluding hydrogens is 332 g/mol. The summed E-state index contributed by atoms with van der Waals surface area (Å²) in [7, 11) is 3.92. The molecule has 2 rings (SSSR count). The van der Waals surface area contributed by atoms with Crippen LogP contribution in [0.15, 0.2) is 4.47 Å². The second kappa shape index (κ2) is 6.29. The summed E-state index contributed by atoms with van der Waals surface area (Å²) in [5.74, 6) is 5.81. The van der Waals surface area contributed by atoms with E-state index in [2.05, 4.69) is 45.4 Å². The molecular formula is C14H23BrN6. The Labute approximate surface area is 133 Å². The summed E-state index contributed by atoms with van der Waals surface area (Å²) in [6.07, 6.45) is 1.66. The summed E-state index contributed by atoms with van der Waals surface area (Å²) in [6.45, 7) is 6.18. The Kier molecular flexibility index (Phi) is 4.85. The van der Waals surface area contributed by atoms with Crippen LogP contribution in [0.4, 0.5) is 0 Å². The van der Waals surface area contributed by atoms with Gasteiger partial charge in [0.15, 0.2) is 0 Å². The van der Waals surface area contributed by atoms with E-state index in [4.69, 9.17) is 5.84 Å². The molecule has 21 heavy (non-hydrogen) atoms. The summed E-state index contributed by atoms with van der Waals surface area (Å²) < 4.78 is 4.89. The van der Waals surface area contributed by atoms with Gasteiger partial charge in [-0.3, -0.25) is 20.6 Å². The summed E-state index contributed by atoms with van der Waals surface area (Å²) in [5.41, 5.74) is 8.43. The van der Waals surface area contributed by atoms with Gasteiger partial charge < -0.3 is 0 Å². The Morgan fingerprint density at radius 2 is 1.90 bits per heavy atom. The van der Waals surface area contributed by atoms with Gasteiger partial charge in [0.05, 0.1) is 27.6 Å². The molecule has 0 radical (unpaired) electrons. The highest BCUT2D eigenvalue weighted by Crippen LogP contribution is 2.29. The molecule has 6 nitrogen and oxygen atoms in total. The Morgan fingerprint density at radius 1 is 1.24 bits per heavy atom. The van der Waals surface area contributed by atoms with Gasteiger partial charge in [0.1, 0.15) is 0 Å². The second-order valence-electron chi connectivity index (χ2n) is 5.32. The predicted octanol–water partition coefficient (Wildman–Crippen LogP) is 1.84. The fourth-order valence-electron chi connectivity index (χ4n) is 2.77. The molecule has 0 saturated heterocycles. The molecule has 1 atom stereocenters. The van der Waals surface area contributed by atoms with Gasteiger partial charge in [-0.05, 0) is 36.2 Å². The van der Waals surface area contributed by atoms with Gasteiger partial charge in [-0.2, -0.15) is 10.2 Å². The van der Waals surface area contributed by atoms with E-state index in [-0.39, 0.29) is 6.04 Å². The lowest BCUT2D eigenvalue weighted by atomic mass is 10.0. The largest absolute Gasteiger partial charge is 0.272 e. The van der Waals surface area contributed by atoms with Crippen molar-refractivity contribution in [1.29, 1.82) is 0 Å². The van der Waals surface area contributed by atoms with Crippen molar-refractivity contribution in [3.63, 3.8) is 0 Å². The summed E-state index contributed by atoms with van der Waals surface area (Å²) in [6, 6.07) is 0.00936. The van der Waals surface area contributed by atoms with Crippen LogP contribution in [-0.4, -0.2) is 19.6 Å². The first-order valence-electron chi connectivity index (χ1n) is 7.07. The van der Waals surface area contributed by atoms with Gasteiger partial charge in [0.25, 0.3) is 0 Å². The normalized spacial score (nSPS) is 12.9. The van der Waals surface area contributed by atoms with Gasteiger partial charge in [0.2, 0.25) is 0 Å². The molecule has 116 valence electrons. The zero-order valence-electron chi connectivity index (χ0n) is 13.2. The summed E-state index contributed by atoms with van der Waals surface area (Å²) in [5, 5.41) is 9.01. The maximum Gasteiger partial charge on any atom is 0.0766 e. The molecule has 2 heterocycles. The Balaban J connectivity index is 2.38. The number of rotatable bonds is 5. The summed E-state index contributed by atoms with van der Waals surface area (Å²) >= 11 is 3.66. The predicted molar refractivity (Wildman–Crippen MR) is 86.7 cm³/mol. The lowest BCUT2D eigenvalue weighted by molar-refractivity contribution is 0.524. The van der Waals surface area contributed by atoms with Crippen LogP contribution in [0.3, 0.4) is 0 Å². The van der Waals surface area contributed by atoms with Crippen LogP contribution < -0.4 is 11.3 Å². The molecule has 2 aromatic rings. The molecule has 0 spiro atoms. The molecule has 0 aromatic carbocycles. The smallest absolute Gasteiger partial charge is 0.0766 e. The van der Waals surface area contributed by atoms with E-state index < -0.39 is 0 Å². The monoisotopic (exact) mass is 354 g/mol. The van der Waals surface area contributed by atoms with Crippen molar-refractivity contribution in [3.05, 3.63) is 32.8 Å². The van der Waals surface area contributed by atoms with Crippen molar-refractivity contribution in [1.82, 2.24) is 25.0 Å². The number of halogens is 1. The number of hydrazine groups is 1. The van der Waals surface area contributed by atoms with Crippen molar-refractivity contribution in [2.75, 3.05) is 0 Å². The Morgan fingerprint density at radius 3 is 2.33 bits per heavy atom. The molecule has 0 fully saturated rings. The summed E-state index contributed by atoms with van der Waals surface area (Å²) in [4.78, 5) is 0. The molecule has 0 aliphatic carbocycles. The first kappa shape index (κ1) is 16.2. The van der Waals surface area contributed by atoms with E-state index in [1.807, 2.05) is 30.4 Å². The average Bonchev–Trinajstić information content (AvgIpc) is 2.86. The third-order valence-corrected chi connectivity index (χ3v) is 4.93. The third kappa shape index (κ3) is 2.90. The van der Waals surface area contributed by atoms with E-state index in [0.717, 1.165) is 45.7 Å². The molecule has 2 aromatic heterocycles. The minimum atomic E-state index is 0.00936. The molecule has 0 amide bonds. The maximum atomic E-state index is 5.81. The molecule has 7 heteroatoms. The molecule has 0 saturated carbocycles. The highest BCUT2D eigenvalue weighted by molar-refractivity contribution is 9.10. The van der Waals surface area contributed by atoms with Crippen LogP contribution in [0.2, 0.25) is 0 Å². The van der Waals surface area contributed by atoms with Crippen LogP contribution in [-0.2, 0) is 26.9 Å². The van der Waals surface area contributed by atoms with E-state index in [1.54, 1.807) is 0 Å². The molecule has 1 unspecified atom stereocenters. The van der Waals surface area contributed by atoms with Gasteiger partial charge in [-0.15, -0.1) is 0 Å². The zero-order valence-corrected chi connectivity index (χ0v) is 14.8. The second-order valence-corrected chi connectivity index (χ2v) is 6.11. The zero-order chi connectivity index (χ0) is 15.7. The van der Waals surface area contributed by atoms with Crippen LogP contribution in [0, 0.1) is 13.8 Å². The molecule has 0 aliphatic rings. The van der Waals surface area contributed by atoms with Crippen LogP contribution in [0.25, 0.3) is 0 Å². The molecule has 3 N–H and O–H groups in total. The number of nitrogens with two attached hydrogens (primary N) is 1. The first-order chi connectivity index (χ1) is 9.90. The van der Waals surface area contributed by atoms with Crippen molar-refractivity contribution in [2.45, 2.75) is 39.7 Å². The van der Waals surface area contributed by atoms with E-state index >= 15 is 0 Å². The van der Waals surface area contributed by atoms with Gasteiger partial charge >= 0.3 is 0 Å². The van der Waals surface area contributed by atoms with Crippen LogP contribution >= 0.6 is 15.9 Å². The highest BCUT2D eigenvalue weighted by Gasteiger charge is 2.23. The van der Waals surface area contributed by atoms with E-state index in [9.17, 15) is 0 Å². The lowest BCUT2D eigenvalue weighted by Crippen LogP contribution is -2.31. The number of aromatic nitrogens is 4. The fourth-order valence-corrected chi connectivity index (χ4v) is 3.55. The van der Waals surface area contributed by atoms with Gasteiger partial charge in [-0.1, -0.05) is 6.92 Å².